The van der Waals surface area contributed by atoms with E-state index in [1.54, 1.807) is 0 Å². The number of rotatable bonds is 16. The van der Waals surface area contributed by atoms with Crippen LogP contribution >= 0.6 is 0 Å². The number of aliphatic carboxylic acids is 3. The van der Waals surface area contributed by atoms with Crippen molar-refractivity contribution in [3.05, 3.63) is 0 Å². The Bertz CT molecular complexity index is 365. The highest BCUT2D eigenvalue weighted by Gasteiger charge is 2.35. The van der Waals surface area contributed by atoms with Gasteiger partial charge in [-0.1, -0.05) is 13.8 Å². The SMILES string of the molecule is CC(C)C(COCCC(=O)O)(COCCC(=O)O)COCCC(=O)O. The lowest BCUT2D eigenvalue weighted by molar-refractivity contribution is -0.140. The lowest BCUT2D eigenvalue weighted by atomic mass is 9.79. The molecule has 0 aromatic heterocycles. The molecule has 0 fully saturated rings. The Morgan fingerprint density at radius 3 is 1.20 bits per heavy atom. The quantitative estimate of drug-likeness (QED) is 0.343. The lowest BCUT2D eigenvalue weighted by Crippen LogP contribution is -2.42. The molecule has 0 saturated carbocycles. The fourth-order valence-electron chi connectivity index (χ4n) is 1.93. The maximum absolute atomic E-state index is 10.6. The Kier molecular flexibility index (Phi) is 11.8. The van der Waals surface area contributed by atoms with E-state index in [9.17, 15) is 14.4 Å². The van der Waals surface area contributed by atoms with E-state index < -0.39 is 23.3 Å². The van der Waals surface area contributed by atoms with Crippen molar-refractivity contribution >= 4 is 17.9 Å². The first kappa shape index (κ1) is 23.3. The number of ether oxygens (including phenoxy) is 3. The van der Waals surface area contributed by atoms with E-state index in [1.165, 1.54) is 0 Å². The molecule has 0 amide bonds. The maximum Gasteiger partial charge on any atom is 0.305 e. The zero-order valence-corrected chi connectivity index (χ0v) is 14.7. The lowest BCUT2D eigenvalue weighted by Gasteiger charge is -2.37. The van der Waals surface area contributed by atoms with Gasteiger partial charge in [-0.2, -0.15) is 0 Å². The summed E-state index contributed by atoms with van der Waals surface area (Å²) in [4.78, 5) is 31.7. The van der Waals surface area contributed by atoms with Crippen molar-refractivity contribution in [1.29, 1.82) is 0 Å². The smallest absolute Gasteiger partial charge is 0.305 e. The van der Waals surface area contributed by atoms with E-state index in [0.717, 1.165) is 0 Å². The maximum atomic E-state index is 10.6. The van der Waals surface area contributed by atoms with E-state index >= 15 is 0 Å². The summed E-state index contributed by atoms with van der Waals surface area (Å²) in [5, 5.41) is 26.0. The minimum Gasteiger partial charge on any atom is -0.481 e. The Balaban J connectivity index is 4.69. The number of carboxylic acids is 3. The van der Waals surface area contributed by atoms with Crippen molar-refractivity contribution in [2.75, 3.05) is 39.6 Å². The fraction of sp³-hybridized carbons (Fsp3) is 0.812. The van der Waals surface area contributed by atoms with Gasteiger partial charge in [-0.05, 0) is 5.92 Å². The average molecular weight is 364 g/mol. The van der Waals surface area contributed by atoms with Crippen LogP contribution in [0.5, 0.6) is 0 Å². The second kappa shape index (κ2) is 12.6. The van der Waals surface area contributed by atoms with Gasteiger partial charge in [0.2, 0.25) is 0 Å². The van der Waals surface area contributed by atoms with Crippen LogP contribution in [0.3, 0.4) is 0 Å². The van der Waals surface area contributed by atoms with Crippen molar-refractivity contribution in [2.45, 2.75) is 33.1 Å². The van der Waals surface area contributed by atoms with Gasteiger partial charge in [0.05, 0.1) is 58.9 Å². The van der Waals surface area contributed by atoms with E-state index in [2.05, 4.69) is 0 Å². The highest BCUT2D eigenvalue weighted by atomic mass is 16.5. The van der Waals surface area contributed by atoms with Crippen molar-refractivity contribution in [2.24, 2.45) is 11.3 Å². The molecule has 0 saturated heterocycles. The zero-order valence-electron chi connectivity index (χ0n) is 14.7. The van der Waals surface area contributed by atoms with Crippen LogP contribution in [0.1, 0.15) is 33.1 Å². The Labute approximate surface area is 146 Å². The molecule has 0 aromatic rings. The van der Waals surface area contributed by atoms with E-state index in [1.807, 2.05) is 13.8 Å². The number of hydrogen-bond acceptors (Lipinski definition) is 6. The first-order chi connectivity index (χ1) is 11.7. The van der Waals surface area contributed by atoms with Gasteiger partial charge < -0.3 is 29.5 Å². The largest absolute Gasteiger partial charge is 0.481 e. The van der Waals surface area contributed by atoms with Crippen LogP contribution in [0.2, 0.25) is 0 Å². The van der Waals surface area contributed by atoms with Crippen molar-refractivity contribution in [3.63, 3.8) is 0 Å². The third-order valence-electron chi connectivity index (χ3n) is 3.77. The van der Waals surface area contributed by atoms with Crippen molar-refractivity contribution in [1.82, 2.24) is 0 Å². The highest BCUT2D eigenvalue weighted by Crippen LogP contribution is 2.29. The minimum atomic E-state index is -0.967. The van der Waals surface area contributed by atoms with Gasteiger partial charge in [-0.15, -0.1) is 0 Å². The molecule has 0 unspecified atom stereocenters. The first-order valence-electron chi connectivity index (χ1n) is 8.08. The summed E-state index contributed by atoms with van der Waals surface area (Å²) < 4.78 is 16.4. The molecular formula is C16H28O9. The molecular weight excluding hydrogens is 336 g/mol. The molecule has 0 rings (SSSR count). The predicted octanol–water partition coefficient (Wildman–Crippen LogP) is 1.10. The van der Waals surface area contributed by atoms with Gasteiger partial charge >= 0.3 is 17.9 Å². The van der Waals surface area contributed by atoms with Gasteiger partial charge in [-0.25, -0.2) is 0 Å². The molecule has 0 bridgehead atoms. The van der Waals surface area contributed by atoms with E-state index in [4.69, 9.17) is 29.5 Å². The summed E-state index contributed by atoms with van der Waals surface area (Å²) in [6.07, 6.45) is -0.393. The third kappa shape index (κ3) is 11.5. The molecule has 146 valence electrons. The van der Waals surface area contributed by atoms with Gasteiger partial charge in [0, 0.05) is 5.41 Å². The number of hydrogen-bond donors (Lipinski definition) is 3. The molecule has 9 nitrogen and oxygen atoms in total. The first-order valence-corrected chi connectivity index (χ1v) is 8.08. The summed E-state index contributed by atoms with van der Waals surface area (Å²) in [6, 6.07) is 0. The van der Waals surface area contributed by atoms with Gasteiger partial charge in [0.25, 0.3) is 0 Å². The van der Waals surface area contributed by atoms with Crippen LogP contribution in [0.25, 0.3) is 0 Å². The summed E-state index contributed by atoms with van der Waals surface area (Å²) in [5.41, 5.74) is -0.629. The van der Waals surface area contributed by atoms with Crippen LogP contribution in [-0.4, -0.2) is 72.9 Å². The molecule has 0 atom stereocenters. The van der Waals surface area contributed by atoms with Crippen LogP contribution in [0.15, 0.2) is 0 Å². The molecule has 0 heterocycles. The molecule has 25 heavy (non-hydrogen) atoms. The van der Waals surface area contributed by atoms with Gasteiger partial charge in [-0.3, -0.25) is 14.4 Å². The summed E-state index contributed by atoms with van der Waals surface area (Å²) in [7, 11) is 0. The Morgan fingerprint density at radius 2 is 1.00 bits per heavy atom. The summed E-state index contributed by atoms with van der Waals surface area (Å²) in [5.74, 6) is -2.88. The topological polar surface area (TPSA) is 140 Å². The second-order valence-electron chi connectivity index (χ2n) is 6.11. The highest BCUT2D eigenvalue weighted by molar-refractivity contribution is 5.67. The standard InChI is InChI=1S/C16H28O9/c1-12(2)16(9-23-6-3-13(17)18,10-24-7-4-14(19)20)11-25-8-5-15(21)22/h12H,3-11H2,1-2H3,(H,17,18)(H,19,20)(H,21,22). The van der Waals surface area contributed by atoms with Crippen molar-refractivity contribution in [3.8, 4) is 0 Å². The molecule has 0 spiro atoms. The van der Waals surface area contributed by atoms with E-state index in [-0.39, 0.29) is 64.8 Å². The average Bonchev–Trinajstić information content (AvgIpc) is 2.50. The Hall–Kier alpha value is -1.71. The van der Waals surface area contributed by atoms with Crippen molar-refractivity contribution < 1.29 is 43.9 Å². The predicted molar refractivity (Wildman–Crippen MR) is 86.5 cm³/mol. The van der Waals surface area contributed by atoms with Crippen LogP contribution in [0, 0.1) is 11.3 Å². The fourth-order valence-corrected chi connectivity index (χ4v) is 1.93. The zero-order chi connectivity index (χ0) is 19.3. The molecule has 0 aromatic carbocycles. The third-order valence-corrected chi connectivity index (χ3v) is 3.77. The van der Waals surface area contributed by atoms with Crippen LogP contribution in [-0.2, 0) is 28.6 Å². The van der Waals surface area contributed by atoms with E-state index in [0.29, 0.717) is 0 Å². The minimum absolute atomic E-state index is 0.0204. The molecule has 0 aliphatic rings. The second-order valence-corrected chi connectivity index (χ2v) is 6.11. The Morgan fingerprint density at radius 1 is 0.720 bits per heavy atom. The number of carboxylic acid groups (broad SMARTS) is 3. The number of carbonyl (C=O) groups is 3. The normalized spacial score (nSPS) is 11.6. The van der Waals surface area contributed by atoms with Gasteiger partial charge in [0.1, 0.15) is 0 Å². The van der Waals surface area contributed by atoms with Crippen LogP contribution < -0.4 is 0 Å². The molecule has 0 aliphatic carbocycles. The summed E-state index contributed by atoms with van der Waals surface area (Å²) >= 11 is 0. The molecule has 9 heteroatoms. The molecule has 0 aliphatic heterocycles. The summed E-state index contributed by atoms with van der Waals surface area (Å²) in [6.45, 7) is 4.44. The molecule has 0 radical (unpaired) electrons. The monoisotopic (exact) mass is 364 g/mol. The van der Waals surface area contributed by atoms with Crippen LogP contribution in [0.4, 0.5) is 0 Å². The van der Waals surface area contributed by atoms with Gasteiger partial charge in [0.15, 0.2) is 0 Å². The molecule has 3 N–H and O–H groups in total.